The smallest absolute Gasteiger partial charge is 0.164 e. The van der Waals surface area contributed by atoms with Crippen LogP contribution < -0.4 is 0 Å². The summed E-state index contributed by atoms with van der Waals surface area (Å²) in [5, 5.41) is 0. The summed E-state index contributed by atoms with van der Waals surface area (Å²) in [6, 6.07) is 37.0. The molecule has 1 aromatic heterocycles. The van der Waals surface area contributed by atoms with E-state index < -0.39 is 0 Å². The van der Waals surface area contributed by atoms with Crippen LogP contribution in [0.25, 0.3) is 45.3 Å². The highest BCUT2D eigenvalue weighted by atomic mass is 127. The van der Waals surface area contributed by atoms with Crippen LogP contribution >= 0.6 is 22.6 Å². The third kappa shape index (κ3) is 4.39. The molecule has 1 heterocycles. The number of nitrogens with zero attached hydrogens (tertiary/aromatic N) is 3. The average Bonchev–Trinajstić information content (AvgIpc) is 2.85. The first-order valence-corrected chi connectivity index (χ1v) is 11.1. The van der Waals surface area contributed by atoms with Crippen LogP contribution in [0.4, 0.5) is 0 Å². The number of hydrogen-bond acceptors (Lipinski definition) is 3. The summed E-state index contributed by atoms with van der Waals surface area (Å²) in [5.74, 6) is 2.02. The second-order valence-corrected chi connectivity index (χ2v) is 8.37. The Morgan fingerprint density at radius 1 is 0.387 bits per heavy atom. The van der Waals surface area contributed by atoms with Crippen molar-refractivity contribution in [3.8, 4) is 45.3 Å². The maximum atomic E-state index is 4.82. The minimum absolute atomic E-state index is 0.669. The minimum atomic E-state index is 0.669. The molecule has 0 radical (unpaired) electrons. The second kappa shape index (κ2) is 8.78. The van der Waals surface area contributed by atoms with Crippen LogP contribution in [0.5, 0.6) is 0 Å². The second-order valence-electron chi connectivity index (χ2n) is 7.13. The lowest BCUT2D eigenvalue weighted by Crippen LogP contribution is -2.00. The van der Waals surface area contributed by atoms with Gasteiger partial charge in [0.15, 0.2) is 17.5 Å². The molecular formula is C27H18IN3. The van der Waals surface area contributed by atoms with Gasteiger partial charge in [0.1, 0.15) is 0 Å². The fourth-order valence-corrected chi connectivity index (χ4v) is 3.96. The van der Waals surface area contributed by atoms with Crippen molar-refractivity contribution in [2.75, 3.05) is 0 Å². The average molecular weight is 511 g/mol. The van der Waals surface area contributed by atoms with E-state index in [0.29, 0.717) is 17.5 Å². The lowest BCUT2D eigenvalue weighted by molar-refractivity contribution is 1.07. The van der Waals surface area contributed by atoms with E-state index in [1.165, 1.54) is 11.1 Å². The Balaban J connectivity index is 1.61. The third-order valence-corrected chi connectivity index (χ3v) is 5.67. The normalized spacial score (nSPS) is 10.7. The molecule has 0 saturated carbocycles. The van der Waals surface area contributed by atoms with E-state index >= 15 is 0 Å². The van der Waals surface area contributed by atoms with Gasteiger partial charge < -0.3 is 0 Å². The molecule has 0 aliphatic heterocycles. The van der Waals surface area contributed by atoms with Gasteiger partial charge in [0.05, 0.1) is 0 Å². The minimum Gasteiger partial charge on any atom is -0.208 e. The molecule has 0 saturated heterocycles. The Morgan fingerprint density at radius 2 is 0.806 bits per heavy atom. The van der Waals surface area contributed by atoms with Gasteiger partial charge in [-0.1, -0.05) is 97.1 Å². The van der Waals surface area contributed by atoms with Crippen LogP contribution in [0.2, 0.25) is 0 Å². The Morgan fingerprint density at radius 3 is 1.39 bits per heavy atom. The van der Waals surface area contributed by atoms with Crippen LogP contribution in [0, 0.1) is 3.57 Å². The number of hydrogen-bond donors (Lipinski definition) is 0. The van der Waals surface area contributed by atoms with Crippen molar-refractivity contribution in [3.63, 3.8) is 0 Å². The number of rotatable bonds is 4. The van der Waals surface area contributed by atoms with Gasteiger partial charge >= 0.3 is 0 Å². The van der Waals surface area contributed by atoms with Crippen molar-refractivity contribution in [2.24, 2.45) is 0 Å². The van der Waals surface area contributed by atoms with Crippen LogP contribution in [-0.4, -0.2) is 15.0 Å². The first kappa shape index (κ1) is 19.6. The van der Waals surface area contributed by atoms with Gasteiger partial charge in [0, 0.05) is 20.3 Å². The lowest BCUT2D eigenvalue weighted by atomic mass is 10.0. The van der Waals surface area contributed by atoms with Crippen molar-refractivity contribution in [1.29, 1.82) is 0 Å². The highest BCUT2D eigenvalue weighted by Gasteiger charge is 2.12. The van der Waals surface area contributed by atoms with E-state index in [1.54, 1.807) is 0 Å². The predicted octanol–water partition coefficient (Wildman–Crippen LogP) is 7.14. The zero-order chi connectivity index (χ0) is 21.0. The molecule has 0 bridgehead atoms. The first-order valence-electron chi connectivity index (χ1n) is 9.99. The maximum absolute atomic E-state index is 4.82. The van der Waals surface area contributed by atoms with E-state index in [1.807, 2.05) is 48.5 Å². The summed E-state index contributed by atoms with van der Waals surface area (Å²) in [6.07, 6.45) is 0. The Labute approximate surface area is 195 Å². The Hall–Kier alpha value is -3.38. The van der Waals surface area contributed by atoms with Gasteiger partial charge in [-0.2, -0.15) is 0 Å². The van der Waals surface area contributed by atoms with Crippen molar-refractivity contribution < 1.29 is 0 Å². The monoisotopic (exact) mass is 511 g/mol. The molecule has 0 amide bonds. The molecule has 0 fully saturated rings. The standard InChI is InChI=1S/C27H18IN3/c28-24-13-7-12-23(18-24)27-30-25(21-10-5-2-6-11-21)29-26(31-27)22-16-14-20(15-17-22)19-8-3-1-4-9-19/h1-18H. The van der Waals surface area contributed by atoms with Gasteiger partial charge in [-0.25, -0.2) is 15.0 Å². The summed E-state index contributed by atoms with van der Waals surface area (Å²) in [4.78, 5) is 14.4. The van der Waals surface area contributed by atoms with Crippen molar-refractivity contribution in [3.05, 3.63) is 113 Å². The Bertz CT molecular complexity index is 1320. The van der Waals surface area contributed by atoms with E-state index in [0.717, 1.165) is 20.3 Å². The molecule has 0 atom stereocenters. The van der Waals surface area contributed by atoms with Crippen molar-refractivity contribution >= 4 is 22.6 Å². The predicted molar refractivity (Wildman–Crippen MR) is 134 cm³/mol. The maximum Gasteiger partial charge on any atom is 0.164 e. The van der Waals surface area contributed by atoms with Gasteiger partial charge in [0.25, 0.3) is 0 Å². The van der Waals surface area contributed by atoms with Crippen LogP contribution in [-0.2, 0) is 0 Å². The molecule has 148 valence electrons. The molecule has 5 rings (SSSR count). The van der Waals surface area contributed by atoms with E-state index in [4.69, 9.17) is 15.0 Å². The first-order chi connectivity index (χ1) is 15.3. The van der Waals surface area contributed by atoms with Crippen molar-refractivity contribution in [1.82, 2.24) is 15.0 Å². The SMILES string of the molecule is Ic1cccc(-c2nc(-c3ccccc3)nc(-c3ccc(-c4ccccc4)cc3)n2)c1. The molecular weight excluding hydrogens is 493 g/mol. The van der Waals surface area contributed by atoms with Crippen LogP contribution in [0.1, 0.15) is 0 Å². The summed E-state index contributed by atoms with van der Waals surface area (Å²) in [5.41, 5.74) is 5.27. The van der Waals surface area contributed by atoms with E-state index in [2.05, 4.69) is 83.3 Å². The molecule has 0 unspecified atom stereocenters. The molecule has 4 aromatic carbocycles. The van der Waals surface area contributed by atoms with Gasteiger partial charge in [0.2, 0.25) is 0 Å². The highest BCUT2D eigenvalue weighted by Crippen LogP contribution is 2.27. The third-order valence-electron chi connectivity index (χ3n) is 5.00. The van der Waals surface area contributed by atoms with Crippen molar-refractivity contribution in [2.45, 2.75) is 0 Å². The largest absolute Gasteiger partial charge is 0.208 e. The lowest BCUT2D eigenvalue weighted by Gasteiger charge is -2.09. The quantitative estimate of drug-likeness (QED) is 0.241. The number of aromatic nitrogens is 3. The summed E-state index contributed by atoms with van der Waals surface area (Å²) >= 11 is 2.31. The molecule has 5 aromatic rings. The number of halogens is 1. The van der Waals surface area contributed by atoms with Gasteiger partial charge in [-0.15, -0.1) is 0 Å². The van der Waals surface area contributed by atoms with Gasteiger partial charge in [-0.3, -0.25) is 0 Å². The zero-order valence-corrected chi connectivity index (χ0v) is 18.8. The summed E-state index contributed by atoms with van der Waals surface area (Å²) < 4.78 is 1.14. The Kier molecular flexibility index (Phi) is 5.54. The van der Waals surface area contributed by atoms with E-state index in [9.17, 15) is 0 Å². The van der Waals surface area contributed by atoms with Crippen LogP contribution in [0.15, 0.2) is 109 Å². The summed E-state index contributed by atoms with van der Waals surface area (Å²) in [7, 11) is 0. The molecule has 3 nitrogen and oxygen atoms in total. The molecule has 0 N–H and O–H groups in total. The fourth-order valence-electron chi connectivity index (χ4n) is 3.42. The fraction of sp³-hybridized carbons (Fsp3) is 0. The molecule has 0 aliphatic rings. The molecule has 0 aliphatic carbocycles. The van der Waals surface area contributed by atoms with Crippen LogP contribution in [0.3, 0.4) is 0 Å². The molecule has 31 heavy (non-hydrogen) atoms. The highest BCUT2D eigenvalue weighted by molar-refractivity contribution is 14.1. The molecule has 4 heteroatoms. The molecule has 0 spiro atoms. The topological polar surface area (TPSA) is 38.7 Å². The zero-order valence-electron chi connectivity index (χ0n) is 16.6. The summed E-state index contributed by atoms with van der Waals surface area (Å²) in [6.45, 7) is 0. The van der Waals surface area contributed by atoms with Gasteiger partial charge in [-0.05, 0) is 45.9 Å². The van der Waals surface area contributed by atoms with E-state index in [-0.39, 0.29) is 0 Å². The number of benzene rings is 4.